The molecule has 5 heteroatoms. The minimum atomic E-state index is -0.00479. The van der Waals surface area contributed by atoms with E-state index in [2.05, 4.69) is 25.9 Å². The van der Waals surface area contributed by atoms with Crippen molar-refractivity contribution in [3.63, 3.8) is 0 Å². The SMILES string of the molecule is OCc1sc(Br)nc1-c1ccccn1. The van der Waals surface area contributed by atoms with Crippen molar-refractivity contribution in [3.8, 4) is 11.4 Å². The first-order valence-corrected chi connectivity index (χ1v) is 5.59. The van der Waals surface area contributed by atoms with Crippen LogP contribution in [0.5, 0.6) is 0 Å². The zero-order chi connectivity index (χ0) is 9.97. The second-order valence-corrected chi connectivity index (χ2v) is 4.97. The van der Waals surface area contributed by atoms with Crippen molar-refractivity contribution < 1.29 is 5.11 Å². The quantitative estimate of drug-likeness (QED) is 0.912. The summed E-state index contributed by atoms with van der Waals surface area (Å²) in [5.74, 6) is 0. The number of nitrogens with zero attached hydrogens (tertiary/aromatic N) is 2. The number of rotatable bonds is 2. The van der Waals surface area contributed by atoms with E-state index in [1.807, 2.05) is 18.2 Å². The first kappa shape index (κ1) is 9.76. The van der Waals surface area contributed by atoms with Crippen LogP contribution in [0.3, 0.4) is 0 Å². The van der Waals surface area contributed by atoms with E-state index in [9.17, 15) is 0 Å². The Kier molecular flexibility index (Phi) is 2.90. The van der Waals surface area contributed by atoms with Crippen molar-refractivity contribution >= 4 is 27.3 Å². The lowest BCUT2D eigenvalue weighted by molar-refractivity contribution is 0.286. The Morgan fingerprint density at radius 2 is 2.29 bits per heavy atom. The standard InChI is InChI=1S/C9H7BrN2OS/c10-9-12-8(7(5-13)14-9)6-3-1-2-4-11-6/h1-4,13H,5H2. The Labute approximate surface area is 93.6 Å². The molecule has 14 heavy (non-hydrogen) atoms. The molecule has 2 heterocycles. The van der Waals surface area contributed by atoms with Gasteiger partial charge < -0.3 is 5.11 Å². The van der Waals surface area contributed by atoms with Crippen molar-refractivity contribution in [1.82, 2.24) is 9.97 Å². The predicted molar refractivity (Wildman–Crippen MR) is 59.0 cm³/mol. The summed E-state index contributed by atoms with van der Waals surface area (Å²) in [5, 5.41) is 9.11. The van der Waals surface area contributed by atoms with E-state index in [0.29, 0.717) is 0 Å². The second kappa shape index (κ2) is 4.16. The van der Waals surface area contributed by atoms with Crippen LogP contribution in [0.2, 0.25) is 0 Å². The van der Waals surface area contributed by atoms with E-state index >= 15 is 0 Å². The van der Waals surface area contributed by atoms with Gasteiger partial charge in [0.2, 0.25) is 0 Å². The van der Waals surface area contributed by atoms with Crippen LogP contribution in [0.4, 0.5) is 0 Å². The molecule has 2 aromatic heterocycles. The molecule has 0 unspecified atom stereocenters. The third-order valence-electron chi connectivity index (χ3n) is 1.72. The topological polar surface area (TPSA) is 46.0 Å². The summed E-state index contributed by atoms with van der Waals surface area (Å²) in [6.07, 6.45) is 1.71. The van der Waals surface area contributed by atoms with E-state index < -0.39 is 0 Å². The molecule has 0 fully saturated rings. The van der Waals surface area contributed by atoms with Crippen LogP contribution in [-0.4, -0.2) is 15.1 Å². The first-order chi connectivity index (χ1) is 6.81. The number of hydrogen-bond donors (Lipinski definition) is 1. The largest absolute Gasteiger partial charge is 0.391 e. The molecular formula is C9H7BrN2OS. The predicted octanol–water partition coefficient (Wildman–Crippen LogP) is 2.46. The van der Waals surface area contributed by atoms with Gasteiger partial charge in [-0.25, -0.2) is 4.98 Å². The van der Waals surface area contributed by atoms with Gasteiger partial charge in [-0.05, 0) is 28.1 Å². The third kappa shape index (κ3) is 1.84. The summed E-state index contributed by atoms with van der Waals surface area (Å²) < 4.78 is 0.766. The lowest BCUT2D eigenvalue weighted by atomic mass is 10.2. The minimum absolute atomic E-state index is 0.00479. The summed E-state index contributed by atoms with van der Waals surface area (Å²) in [7, 11) is 0. The number of pyridine rings is 1. The van der Waals surface area contributed by atoms with Gasteiger partial charge in [0.1, 0.15) is 5.69 Å². The van der Waals surface area contributed by atoms with Gasteiger partial charge in [0, 0.05) is 6.20 Å². The number of aromatic nitrogens is 2. The van der Waals surface area contributed by atoms with Gasteiger partial charge in [0.25, 0.3) is 0 Å². The van der Waals surface area contributed by atoms with Gasteiger partial charge in [0.15, 0.2) is 3.92 Å². The number of aliphatic hydroxyl groups excluding tert-OH is 1. The molecule has 1 N–H and O–H groups in total. The molecule has 0 amide bonds. The highest BCUT2D eigenvalue weighted by atomic mass is 79.9. The van der Waals surface area contributed by atoms with Gasteiger partial charge in [-0.2, -0.15) is 0 Å². The Morgan fingerprint density at radius 3 is 2.93 bits per heavy atom. The van der Waals surface area contributed by atoms with Crippen LogP contribution < -0.4 is 0 Å². The molecule has 0 saturated carbocycles. The molecule has 72 valence electrons. The number of halogens is 1. The fourth-order valence-electron chi connectivity index (χ4n) is 1.13. The normalized spacial score (nSPS) is 10.4. The second-order valence-electron chi connectivity index (χ2n) is 2.61. The van der Waals surface area contributed by atoms with Crippen LogP contribution in [0.15, 0.2) is 28.3 Å². The summed E-state index contributed by atoms with van der Waals surface area (Å²) in [6, 6.07) is 5.63. The van der Waals surface area contributed by atoms with E-state index in [1.54, 1.807) is 6.20 Å². The molecular weight excluding hydrogens is 264 g/mol. The third-order valence-corrected chi connectivity index (χ3v) is 3.21. The number of hydrogen-bond acceptors (Lipinski definition) is 4. The molecule has 0 spiro atoms. The maximum absolute atomic E-state index is 9.11. The van der Waals surface area contributed by atoms with Crippen LogP contribution in [0, 0.1) is 0 Å². The Bertz CT molecular complexity index is 430. The van der Waals surface area contributed by atoms with Crippen molar-refractivity contribution in [2.24, 2.45) is 0 Å². The summed E-state index contributed by atoms with van der Waals surface area (Å²) in [4.78, 5) is 9.28. The minimum Gasteiger partial charge on any atom is -0.391 e. The highest BCUT2D eigenvalue weighted by Crippen LogP contribution is 2.29. The summed E-state index contributed by atoms with van der Waals surface area (Å²) in [5.41, 5.74) is 1.54. The molecule has 0 aliphatic carbocycles. The van der Waals surface area contributed by atoms with Gasteiger partial charge in [-0.1, -0.05) is 6.07 Å². The molecule has 2 aromatic rings. The maximum Gasteiger partial charge on any atom is 0.160 e. The Morgan fingerprint density at radius 1 is 1.43 bits per heavy atom. The van der Waals surface area contributed by atoms with Crippen molar-refractivity contribution in [2.75, 3.05) is 0 Å². The monoisotopic (exact) mass is 270 g/mol. The molecule has 0 radical (unpaired) electrons. The summed E-state index contributed by atoms with van der Waals surface area (Å²) >= 11 is 4.71. The first-order valence-electron chi connectivity index (χ1n) is 3.98. The molecule has 2 rings (SSSR count). The molecule has 0 aliphatic rings. The Balaban J connectivity index is 2.51. The lowest BCUT2D eigenvalue weighted by Crippen LogP contribution is -1.87. The molecule has 0 atom stereocenters. The van der Waals surface area contributed by atoms with Crippen LogP contribution in [0.1, 0.15) is 4.88 Å². The Hall–Kier alpha value is -0.780. The highest BCUT2D eigenvalue weighted by molar-refractivity contribution is 9.11. The van der Waals surface area contributed by atoms with Gasteiger partial charge in [-0.3, -0.25) is 4.98 Å². The summed E-state index contributed by atoms with van der Waals surface area (Å²) in [6.45, 7) is -0.00479. The van der Waals surface area contributed by atoms with Crippen molar-refractivity contribution in [1.29, 1.82) is 0 Å². The van der Waals surface area contributed by atoms with Crippen LogP contribution in [0.25, 0.3) is 11.4 Å². The smallest absolute Gasteiger partial charge is 0.160 e. The van der Waals surface area contributed by atoms with Crippen molar-refractivity contribution in [3.05, 3.63) is 33.2 Å². The van der Waals surface area contributed by atoms with Gasteiger partial charge >= 0.3 is 0 Å². The van der Waals surface area contributed by atoms with Crippen LogP contribution in [-0.2, 0) is 6.61 Å². The fraction of sp³-hybridized carbons (Fsp3) is 0.111. The fourth-order valence-corrected chi connectivity index (χ4v) is 2.55. The average Bonchev–Trinajstić information content (AvgIpc) is 2.61. The van der Waals surface area contributed by atoms with Crippen LogP contribution >= 0.6 is 27.3 Å². The number of thiazole rings is 1. The molecule has 0 aromatic carbocycles. The molecule has 0 saturated heterocycles. The van der Waals surface area contributed by atoms with E-state index in [0.717, 1.165) is 20.2 Å². The maximum atomic E-state index is 9.11. The average molecular weight is 271 g/mol. The van der Waals surface area contributed by atoms with Gasteiger partial charge in [-0.15, -0.1) is 11.3 Å². The van der Waals surface area contributed by atoms with Crippen molar-refractivity contribution in [2.45, 2.75) is 6.61 Å². The molecule has 0 aliphatic heterocycles. The van der Waals surface area contributed by atoms with E-state index in [1.165, 1.54) is 11.3 Å². The lowest BCUT2D eigenvalue weighted by Gasteiger charge is -1.96. The highest BCUT2D eigenvalue weighted by Gasteiger charge is 2.11. The van der Waals surface area contributed by atoms with E-state index in [-0.39, 0.29) is 6.61 Å². The molecule has 3 nitrogen and oxygen atoms in total. The molecule has 0 bridgehead atoms. The van der Waals surface area contributed by atoms with E-state index in [4.69, 9.17) is 5.11 Å². The van der Waals surface area contributed by atoms with Gasteiger partial charge in [0.05, 0.1) is 17.2 Å². The zero-order valence-corrected chi connectivity index (χ0v) is 9.55. The number of aliphatic hydroxyl groups is 1. The zero-order valence-electron chi connectivity index (χ0n) is 7.14.